The van der Waals surface area contributed by atoms with Gasteiger partial charge in [-0.25, -0.2) is 0 Å². The van der Waals surface area contributed by atoms with Crippen molar-refractivity contribution in [2.24, 2.45) is 5.73 Å². The molecule has 0 bridgehead atoms. The van der Waals surface area contributed by atoms with E-state index in [1.165, 1.54) is 10.1 Å². The molecule has 0 saturated carbocycles. The molecular formula is C10H11NOS. The summed E-state index contributed by atoms with van der Waals surface area (Å²) in [5.74, 6) is 0. The smallest absolute Gasteiger partial charge is 0.0774 e. The minimum absolute atomic E-state index is 0.122. The molecule has 0 spiro atoms. The first-order chi connectivity index (χ1) is 6.33. The van der Waals surface area contributed by atoms with Gasteiger partial charge in [0.15, 0.2) is 0 Å². The summed E-state index contributed by atoms with van der Waals surface area (Å²) in [6.07, 6.45) is 0. The van der Waals surface area contributed by atoms with Gasteiger partial charge in [0.1, 0.15) is 0 Å². The molecule has 1 heterocycles. The fraction of sp³-hybridized carbons (Fsp3) is 0.200. The molecule has 0 unspecified atom stereocenters. The number of hydrogen-bond acceptors (Lipinski definition) is 3. The van der Waals surface area contributed by atoms with E-state index in [0.717, 1.165) is 10.4 Å². The summed E-state index contributed by atoms with van der Waals surface area (Å²) in [6.45, 7) is 0.692. The van der Waals surface area contributed by atoms with Crippen molar-refractivity contribution in [3.05, 3.63) is 34.7 Å². The Morgan fingerprint density at radius 3 is 2.85 bits per heavy atom. The molecule has 1 aromatic heterocycles. The normalized spacial score (nSPS) is 10.9. The van der Waals surface area contributed by atoms with Gasteiger partial charge >= 0.3 is 0 Å². The number of rotatable bonds is 2. The van der Waals surface area contributed by atoms with Gasteiger partial charge in [-0.15, -0.1) is 11.3 Å². The Morgan fingerprint density at radius 2 is 2.15 bits per heavy atom. The average molecular weight is 193 g/mol. The third-order valence-electron chi connectivity index (χ3n) is 2.02. The second-order valence-electron chi connectivity index (χ2n) is 2.95. The Bertz CT molecular complexity index is 420. The molecule has 0 aliphatic heterocycles. The zero-order valence-corrected chi connectivity index (χ0v) is 7.97. The average Bonchev–Trinajstić information content (AvgIpc) is 2.58. The molecule has 13 heavy (non-hydrogen) atoms. The van der Waals surface area contributed by atoms with Crippen LogP contribution in [0.2, 0.25) is 0 Å². The number of thiophene rings is 1. The molecule has 0 saturated heterocycles. The molecule has 0 radical (unpaired) electrons. The number of nitrogens with two attached hydrogens (primary N) is 1. The minimum atomic E-state index is 0.122. The van der Waals surface area contributed by atoms with E-state index in [4.69, 9.17) is 10.8 Å². The van der Waals surface area contributed by atoms with Gasteiger partial charge in [-0.05, 0) is 29.1 Å². The second-order valence-corrected chi connectivity index (χ2v) is 4.12. The van der Waals surface area contributed by atoms with Crippen LogP contribution >= 0.6 is 11.3 Å². The highest BCUT2D eigenvalue weighted by molar-refractivity contribution is 7.19. The minimum Gasteiger partial charge on any atom is -0.391 e. The van der Waals surface area contributed by atoms with E-state index in [1.54, 1.807) is 11.3 Å². The first-order valence-corrected chi connectivity index (χ1v) is 4.97. The monoisotopic (exact) mass is 193 g/mol. The van der Waals surface area contributed by atoms with Gasteiger partial charge < -0.3 is 10.8 Å². The van der Waals surface area contributed by atoms with E-state index in [2.05, 4.69) is 12.1 Å². The zero-order valence-electron chi connectivity index (χ0n) is 7.16. The molecular weight excluding hydrogens is 182 g/mol. The van der Waals surface area contributed by atoms with Crippen molar-refractivity contribution in [2.45, 2.75) is 13.2 Å². The predicted octanol–water partition coefficient (Wildman–Crippen LogP) is 1.85. The number of aliphatic hydroxyl groups is 1. The summed E-state index contributed by atoms with van der Waals surface area (Å²) in [6, 6.07) is 8.17. The van der Waals surface area contributed by atoms with Gasteiger partial charge in [-0.2, -0.15) is 0 Å². The predicted molar refractivity (Wildman–Crippen MR) is 55.6 cm³/mol. The molecule has 0 aliphatic carbocycles. The number of hydrogen-bond donors (Lipinski definition) is 2. The molecule has 2 nitrogen and oxygen atoms in total. The third kappa shape index (κ3) is 1.58. The van der Waals surface area contributed by atoms with Crippen LogP contribution < -0.4 is 5.73 Å². The molecule has 1 aromatic carbocycles. The lowest BCUT2D eigenvalue weighted by Gasteiger charge is -1.94. The summed E-state index contributed by atoms with van der Waals surface area (Å²) in [4.78, 5) is 1.00. The summed E-state index contributed by atoms with van der Waals surface area (Å²) < 4.78 is 1.21. The Labute approximate surface area is 80.6 Å². The van der Waals surface area contributed by atoms with Crippen LogP contribution in [0.15, 0.2) is 24.3 Å². The third-order valence-corrected chi connectivity index (χ3v) is 3.12. The maximum atomic E-state index is 8.95. The SMILES string of the molecule is NCc1ccc2sc(CO)cc2c1. The molecule has 0 amide bonds. The topological polar surface area (TPSA) is 46.2 Å². The lowest BCUT2D eigenvalue weighted by Crippen LogP contribution is -1.94. The van der Waals surface area contributed by atoms with Crippen LogP contribution in [0.5, 0.6) is 0 Å². The van der Waals surface area contributed by atoms with Crippen molar-refractivity contribution >= 4 is 21.4 Å². The lowest BCUT2D eigenvalue weighted by molar-refractivity contribution is 0.285. The highest BCUT2D eigenvalue weighted by Gasteiger charge is 2.00. The summed E-state index contributed by atoms with van der Waals surface area (Å²) >= 11 is 1.63. The van der Waals surface area contributed by atoms with Crippen LogP contribution in [-0.4, -0.2) is 5.11 Å². The van der Waals surface area contributed by atoms with Gasteiger partial charge in [-0.1, -0.05) is 6.07 Å². The van der Waals surface area contributed by atoms with Gasteiger partial charge in [0, 0.05) is 16.1 Å². The standard InChI is InChI=1S/C10H11NOS/c11-5-7-1-2-10-8(3-7)4-9(6-12)13-10/h1-4,12H,5-6,11H2. The van der Waals surface area contributed by atoms with E-state index in [0.29, 0.717) is 6.54 Å². The van der Waals surface area contributed by atoms with Crippen LogP contribution in [0.25, 0.3) is 10.1 Å². The van der Waals surface area contributed by atoms with Crippen molar-refractivity contribution in [1.29, 1.82) is 0 Å². The van der Waals surface area contributed by atoms with Crippen molar-refractivity contribution in [3.8, 4) is 0 Å². The number of aliphatic hydroxyl groups excluding tert-OH is 1. The molecule has 3 heteroatoms. The molecule has 0 fully saturated rings. The molecule has 2 rings (SSSR count). The van der Waals surface area contributed by atoms with Gasteiger partial charge in [0.2, 0.25) is 0 Å². The quantitative estimate of drug-likeness (QED) is 0.764. The van der Waals surface area contributed by atoms with Gasteiger partial charge in [-0.3, -0.25) is 0 Å². The van der Waals surface area contributed by atoms with Crippen molar-refractivity contribution < 1.29 is 5.11 Å². The molecule has 0 atom stereocenters. The van der Waals surface area contributed by atoms with E-state index >= 15 is 0 Å². The van der Waals surface area contributed by atoms with E-state index in [9.17, 15) is 0 Å². The Balaban J connectivity index is 2.57. The van der Waals surface area contributed by atoms with Crippen LogP contribution in [0.1, 0.15) is 10.4 Å². The largest absolute Gasteiger partial charge is 0.391 e. The Kier molecular flexibility index (Phi) is 2.31. The van der Waals surface area contributed by atoms with Crippen molar-refractivity contribution in [3.63, 3.8) is 0 Å². The molecule has 68 valence electrons. The van der Waals surface area contributed by atoms with E-state index < -0.39 is 0 Å². The molecule has 2 aromatic rings. The van der Waals surface area contributed by atoms with Crippen molar-refractivity contribution in [2.75, 3.05) is 0 Å². The fourth-order valence-corrected chi connectivity index (χ4v) is 2.26. The van der Waals surface area contributed by atoms with Gasteiger partial charge in [0.25, 0.3) is 0 Å². The van der Waals surface area contributed by atoms with Crippen LogP contribution in [-0.2, 0) is 13.2 Å². The number of benzene rings is 1. The summed E-state index contributed by atoms with van der Waals surface area (Å²) in [5, 5.41) is 10.1. The maximum Gasteiger partial charge on any atom is 0.0774 e. The van der Waals surface area contributed by atoms with E-state index in [1.807, 2.05) is 12.1 Å². The van der Waals surface area contributed by atoms with Gasteiger partial charge in [0.05, 0.1) is 6.61 Å². The molecule has 3 N–H and O–H groups in total. The van der Waals surface area contributed by atoms with Crippen LogP contribution in [0.3, 0.4) is 0 Å². The molecule has 0 aliphatic rings. The highest BCUT2D eigenvalue weighted by Crippen LogP contribution is 2.26. The Morgan fingerprint density at radius 1 is 1.31 bits per heavy atom. The highest BCUT2D eigenvalue weighted by atomic mass is 32.1. The summed E-state index contributed by atoms with van der Waals surface area (Å²) in [7, 11) is 0. The summed E-state index contributed by atoms with van der Waals surface area (Å²) in [5.41, 5.74) is 6.67. The van der Waals surface area contributed by atoms with E-state index in [-0.39, 0.29) is 6.61 Å². The Hall–Kier alpha value is -0.900. The number of fused-ring (bicyclic) bond motifs is 1. The second kappa shape index (κ2) is 3.46. The van der Waals surface area contributed by atoms with Crippen molar-refractivity contribution in [1.82, 2.24) is 0 Å². The lowest BCUT2D eigenvalue weighted by atomic mass is 10.1. The first kappa shape index (κ1) is 8.69. The zero-order chi connectivity index (χ0) is 9.26. The fourth-order valence-electron chi connectivity index (χ4n) is 1.35. The first-order valence-electron chi connectivity index (χ1n) is 4.16. The van der Waals surface area contributed by atoms with Crippen LogP contribution in [0, 0.1) is 0 Å². The maximum absolute atomic E-state index is 8.95. The van der Waals surface area contributed by atoms with Crippen LogP contribution in [0.4, 0.5) is 0 Å².